The van der Waals surface area contributed by atoms with E-state index in [-0.39, 0.29) is 5.92 Å². The third-order valence-corrected chi connectivity index (χ3v) is 6.40. The van der Waals surface area contributed by atoms with Gasteiger partial charge >= 0.3 is 0 Å². The Hall–Kier alpha value is -1.92. The minimum Gasteiger partial charge on any atom is -0.340 e. The van der Waals surface area contributed by atoms with Crippen molar-refractivity contribution in [2.24, 2.45) is 5.92 Å². The number of imidazole rings is 1. The van der Waals surface area contributed by atoms with Crippen LogP contribution in [-0.4, -0.2) is 76.0 Å². The van der Waals surface area contributed by atoms with E-state index >= 15 is 0 Å². The van der Waals surface area contributed by atoms with Gasteiger partial charge in [0.25, 0.3) is 0 Å². The summed E-state index contributed by atoms with van der Waals surface area (Å²) in [5, 5.41) is 0. The fraction of sp³-hybridized carbons (Fsp3) is 0.636. The molecule has 1 amide bonds. The molecule has 6 heteroatoms. The second kappa shape index (κ2) is 8.62. The molecule has 3 heterocycles. The smallest absolute Gasteiger partial charge is 0.227 e. The molecule has 28 heavy (non-hydrogen) atoms. The van der Waals surface area contributed by atoms with Crippen LogP contribution in [0.1, 0.15) is 32.5 Å². The number of nitrogens with zero attached hydrogens (tertiary/aromatic N) is 5. The second-order valence-electron chi connectivity index (χ2n) is 8.09. The maximum atomic E-state index is 13.1. The zero-order valence-electron chi connectivity index (χ0n) is 17.3. The Labute approximate surface area is 168 Å². The number of likely N-dealkylation sites (tertiary alicyclic amines) is 1. The minimum absolute atomic E-state index is 0.140. The Morgan fingerprint density at radius 3 is 2.57 bits per heavy atom. The minimum atomic E-state index is 0.140. The Balaban J connectivity index is 1.41. The van der Waals surface area contributed by atoms with Gasteiger partial charge in [-0.15, -0.1) is 0 Å². The molecule has 2 fully saturated rings. The van der Waals surface area contributed by atoms with E-state index in [1.54, 1.807) is 0 Å². The largest absolute Gasteiger partial charge is 0.340 e. The summed E-state index contributed by atoms with van der Waals surface area (Å²) >= 11 is 0. The SMILES string of the molecule is CCN1CCN(C(=O)[C@@H]2CCCN(Cc3nc4ccccc4n3CC)C2)CC1. The Kier molecular flexibility index (Phi) is 5.97. The number of amides is 1. The molecule has 2 aliphatic heterocycles. The zero-order chi connectivity index (χ0) is 19.5. The first kappa shape index (κ1) is 19.4. The highest BCUT2D eigenvalue weighted by Crippen LogP contribution is 2.23. The van der Waals surface area contributed by atoms with Crippen LogP contribution in [0.5, 0.6) is 0 Å². The second-order valence-corrected chi connectivity index (χ2v) is 8.09. The number of aromatic nitrogens is 2. The third-order valence-electron chi connectivity index (χ3n) is 6.40. The molecule has 4 rings (SSSR count). The molecule has 0 saturated carbocycles. The quantitative estimate of drug-likeness (QED) is 0.796. The van der Waals surface area contributed by atoms with E-state index in [0.717, 1.165) is 83.1 Å². The summed E-state index contributed by atoms with van der Waals surface area (Å²) in [5.74, 6) is 1.62. The summed E-state index contributed by atoms with van der Waals surface area (Å²) < 4.78 is 2.31. The number of piperidine rings is 1. The topological polar surface area (TPSA) is 44.6 Å². The van der Waals surface area contributed by atoms with Crippen LogP contribution >= 0.6 is 0 Å². The van der Waals surface area contributed by atoms with Crippen molar-refractivity contribution < 1.29 is 4.79 Å². The summed E-state index contributed by atoms with van der Waals surface area (Å²) in [6, 6.07) is 8.36. The lowest BCUT2D eigenvalue weighted by Gasteiger charge is -2.38. The maximum absolute atomic E-state index is 13.1. The lowest BCUT2D eigenvalue weighted by atomic mass is 9.96. The third kappa shape index (κ3) is 3.94. The summed E-state index contributed by atoms with van der Waals surface area (Å²) in [5.41, 5.74) is 2.27. The van der Waals surface area contributed by atoms with Crippen LogP contribution in [0.4, 0.5) is 0 Å². The van der Waals surface area contributed by atoms with E-state index in [9.17, 15) is 4.79 Å². The number of hydrogen-bond acceptors (Lipinski definition) is 4. The molecule has 6 nitrogen and oxygen atoms in total. The van der Waals surface area contributed by atoms with Gasteiger partial charge in [-0.1, -0.05) is 19.1 Å². The van der Waals surface area contributed by atoms with E-state index in [1.165, 1.54) is 5.52 Å². The van der Waals surface area contributed by atoms with Crippen molar-refractivity contribution in [2.45, 2.75) is 39.8 Å². The highest BCUT2D eigenvalue weighted by molar-refractivity contribution is 5.79. The van der Waals surface area contributed by atoms with Crippen LogP contribution in [0.25, 0.3) is 11.0 Å². The van der Waals surface area contributed by atoms with Gasteiger partial charge in [0.2, 0.25) is 5.91 Å². The van der Waals surface area contributed by atoms with E-state index in [2.05, 4.69) is 51.3 Å². The number of carbonyl (C=O) groups is 1. The van der Waals surface area contributed by atoms with Gasteiger partial charge in [0.05, 0.1) is 23.5 Å². The van der Waals surface area contributed by atoms with Crippen LogP contribution in [0, 0.1) is 5.92 Å². The molecule has 1 aromatic carbocycles. The number of fused-ring (bicyclic) bond motifs is 1. The Bertz CT molecular complexity index is 808. The molecule has 0 radical (unpaired) electrons. The zero-order valence-corrected chi connectivity index (χ0v) is 17.3. The summed E-state index contributed by atoms with van der Waals surface area (Å²) in [6.07, 6.45) is 2.12. The lowest BCUT2D eigenvalue weighted by Crippen LogP contribution is -2.52. The van der Waals surface area contributed by atoms with Crippen LogP contribution in [0.2, 0.25) is 0 Å². The van der Waals surface area contributed by atoms with Crippen molar-refractivity contribution in [1.29, 1.82) is 0 Å². The first-order valence-corrected chi connectivity index (χ1v) is 10.9. The summed E-state index contributed by atoms with van der Waals surface area (Å²) in [4.78, 5) is 24.9. The van der Waals surface area contributed by atoms with Crippen molar-refractivity contribution in [3.63, 3.8) is 0 Å². The standard InChI is InChI=1S/C22H33N5O/c1-3-24-12-14-26(15-13-24)22(28)18-8-7-11-25(16-18)17-21-23-19-9-5-6-10-20(19)27(21)4-2/h5-6,9-10,18H,3-4,7-8,11-17H2,1-2H3/t18-/m1/s1. The normalized spacial score (nSPS) is 22.1. The average Bonchev–Trinajstić information content (AvgIpc) is 3.10. The molecule has 0 spiro atoms. The van der Waals surface area contributed by atoms with Gasteiger partial charge in [-0.3, -0.25) is 9.69 Å². The molecule has 0 bridgehead atoms. The number of hydrogen-bond donors (Lipinski definition) is 0. The van der Waals surface area contributed by atoms with Gasteiger partial charge in [0.1, 0.15) is 5.82 Å². The molecule has 0 aliphatic carbocycles. The molecule has 1 aromatic heterocycles. The molecule has 2 aromatic rings. The van der Waals surface area contributed by atoms with E-state index in [1.807, 2.05) is 6.07 Å². The van der Waals surface area contributed by atoms with Crippen molar-refractivity contribution in [1.82, 2.24) is 24.3 Å². The Morgan fingerprint density at radius 2 is 1.82 bits per heavy atom. The Morgan fingerprint density at radius 1 is 1.04 bits per heavy atom. The van der Waals surface area contributed by atoms with Crippen LogP contribution in [-0.2, 0) is 17.9 Å². The predicted molar refractivity (Wildman–Crippen MR) is 112 cm³/mol. The van der Waals surface area contributed by atoms with Crippen molar-refractivity contribution in [2.75, 3.05) is 45.8 Å². The maximum Gasteiger partial charge on any atom is 0.227 e. The number of benzene rings is 1. The van der Waals surface area contributed by atoms with Crippen LogP contribution in [0.3, 0.4) is 0 Å². The number of aryl methyl sites for hydroxylation is 1. The van der Waals surface area contributed by atoms with Gasteiger partial charge in [-0.05, 0) is 45.0 Å². The number of piperazine rings is 1. The molecule has 0 N–H and O–H groups in total. The predicted octanol–water partition coefficient (Wildman–Crippen LogP) is 2.43. The summed E-state index contributed by atoms with van der Waals surface area (Å²) in [6.45, 7) is 12.9. The van der Waals surface area contributed by atoms with Crippen molar-refractivity contribution in [3.05, 3.63) is 30.1 Å². The molecular weight excluding hydrogens is 350 g/mol. The van der Waals surface area contributed by atoms with Crippen LogP contribution in [0.15, 0.2) is 24.3 Å². The van der Waals surface area contributed by atoms with E-state index in [0.29, 0.717) is 5.91 Å². The number of likely N-dealkylation sites (N-methyl/N-ethyl adjacent to an activating group) is 1. The van der Waals surface area contributed by atoms with Gasteiger partial charge in [0, 0.05) is 39.3 Å². The van der Waals surface area contributed by atoms with E-state index < -0.39 is 0 Å². The lowest BCUT2D eigenvalue weighted by molar-refractivity contribution is -0.139. The molecule has 2 aliphatic rings. The first-order chi connectivity index (χ1) is 13.7. The van der Waals surface area contributed by atoms with Crippen LogP contribution < -0.4 is 0 Å². The molecule has 2 saturated heterocycles. The molecule has 0 unspecified atom stereocenters. The monoisotopic (exact) mass is 383 g/mol. The number of carbonyl (C=O) groups excluding carboxylic acids is 1. The number of para-hydroxylation sites is 2. The highest BCUT2D eigenvalue weighted by Gasteiger charge is 2.31. The van der Waals surface area contributed by atoms with Crippen molar-refractivity contribution in [3.8, 4) is 0 Å². The van der Waals surface area contributed by atoms with Gasteiger partial charge in [0.15, 0.2) is 0 Å². The summed E-state index contributed by atoms with van der Waals surface area (Å²) in [7, 11) is 0. The van der Waals surface area contributed by atoms with Gasteiger partial charge in [-0.2, -0.15) is 0 Å². The molecule has 152 valence electrons. The average molecular weight is 384 g/mol. The van der Waals surface area contributed by atoms with Crippen molar-refractivity contribution >= 4 is 16.9 Å². The van der Waals surface area contributed by atoms with E-state index in [4.69, 9.17) is 4.98 Å². The molecule has 1 atom stereocenters. The number of rotatable bonds is 5. The highest BCUT2D eigenvalue weighted by atomic mass is 16.2. The fourth-order valence-electron chi connectivity index (χ4n) is 4.74. The van der Waals surface area contributed by atoms with Gasteiger partial charge in [-0.25, -0.2) is 4.98 Å². The molecular formula is C22H33N5O. The first-order valence-electron chi connectivity index (χ1n) is 10.9. The fourth-order valence-corrected chi connectivity index (χ4v) is 4.74. The van der Waals surface area contributed by atoms with Gasteiger partial charge < -0.3 is 14.4 Å².